The zero-order chi connectivity index (χ0) is 10.3. The Morgan fingerprint density at radius 2 is 1.93 bits per heavy atom. The van der Waals surface area contributed by atoms with Crippen molar-refractivity contribution in [3.63, 3.8) is 0 Å². The Bertz CT molecular complexity index is 347. The molecule has 4 nitrogen and oxygen atoms in total. The maximum absolute atomic E-state index is 12.3. The smallest absolute Gasteiger partial charge is 0.305 e. The molecule has 2 rings (SSSR count). The first-order chi connectivity index (χ1) is 6.48. The van der Waals surface area contributed by atoms with E-state index in [-0.39, 0.29) is 18.9 Å². The standard InChI is InChI=1S/C6H6ClF3N4/c7-13-1-2-14-4(3-13)11-12-5(14)6(8,9)10/h1-3H2. The van der Waals surface area contributed by atoms with Crippen LogP contribution >= 0.6 is 11.8 Å². The van der Waals surface area contributed by atoms with Crippen molar-refractivity contribution in [2.24, 2.45) is 0 Å². The van der Waals surface area contributed by atoms with Gasteiger partial charge in [-0.05, 0) is 11.8 Å². The summed E-state index contributed by atoms with van der Waals surface area (Å²) in [5.41, 5.74) is 0. The zero-order valence-corrected chi connectivity index (χ0v) is 7.68. The van der Waals surface area contributed by atoms with Crippen LogP contribution in [0.2, 0.25) is 0 Å². The monoisotopic (exact) mass is 226 g/mol. The van der Waals surface area contributed by atoms with Crippen LogP contribution in [0.1, 0.15) is 11.6 Å². The van der Waals surface area contributed by atoms with Crippen LogP contribution in [0.5, 0.6) is 0 Å². The van der Waals surface area contributed by atoms with Crippen molar-refractivity contribution in [2.75, 3.05) is 6.54 Å². The van der Waals surface area contributed by atoms with E-state index in [1.165, 1.54) is 4.42 Å². The molecule has 78 valence electrons. The van der Waals surface area contributed by atoms with Crippen LogP contribution in [0, 0.1) is 0 Å². The van der Waals surface area contributed by atoms with E-state index in [1.54, 1.807) is 0 Å². The molecule has 0 amide bonds. The molecule has 0 unspecified atom stereocenters. The van der Waals surface area contributed by atoms with Crippen LogP contribution in [0.15, 0.2) is 0 Å². The highest BCUT2D eigenvalue weighted by Crippen LogP contribution is 2.29. The van der Waals surface area contributed by atoms with E-state index in [4.69, 9.17) is 11.8 Å². The van der Waals surface area contributed by atoms with Crippen LogP contribution in [0.25, 0.3) is 0 Å². The van der Waals surface area contributed by atoms with Gasteiger partial charge in [0.15, 0.2) is 0 Å². The van der Waals surface area contributed by atoms with Gasteiger partial charge >= 0.3 is 6.18 Å². The highest BCUT2D eigenvalue weighted by atomic mass is 35.5. The molecule has 0 bridgehead atoms. The van der Waals surface area contributed by atoms with Gasteiger partial charge in [0.05, 0.1) is 6.54 Å². The molecule has 8 heteroatoms. The second-order valence-corrected chi connectivity index (χ2v) is 3.41. The van der Waals surface area contributed by atoms with Crippen LogP contribution in [-0.2, 0) is 19.3 Å². The first-order valence-corrected chi connectivity index (χ1v) is 4.22. The van der Waals surface area contributed by atoms with Crippen molar-refractivity contribution < 1.29 is 13.2 Å². The van der Waals surface area contributed by atoms with Crippen LogP contribution in [0.4, 0.5) is 13.2 Å². The lowest BCUT2D eigenvalue weighted by atomic mass is 10.4. The van der Waals surface area contributed by atoms with E-state index in [2.05, 4.69) is 10.2 Å². The van der Waals surface area contributed by atoms with Crippen molar-refractivity contribution >= 4 is 11.8 Å². The minimum Gasteiger partial charge on any atom is -0.305 e. The van der Waals surface area contributed by atoms with Crippen molar-refractivity contribution in [1.82, 2.24) is 19.2 Å². The van der Waals surface area contributed by atoms with Gasteiger partial charge in [-0.25, -0.2) is 4.42 Å². The lowest BCUT2D eigenvalue weighted by Gasteiger charge is -2.21. The number of rotatable bonds is 0. The van der Waals surface area contributed by atoms with E-state index < -0.39 is 12.0 Å². The van der Waals surface area contributed by atoms with Gasteiger partial charge in [0.1, 0.15) is 5.82 Å². The highest BCUT2D eigenvalue weighted by molar-refractivity contribution is 6.13. The molecule has 1 aliphatic rings. The molecule has 1 aromatic rings. The number of halogens is 4. The number of fused-ring (bicyclic) bond motifs is 1. The van der Waals surface area contributed by atoms with Gasteiger partial charge in [-0.3, -0.25) is 0 Å². The summed E-state index contributed by atoms with van der Waals surface area (Å²) in [4.78, 5) is 0. The van der Waals surface area contributed by atoms with Gasteiger partial charge in [-0.2, -0.15) is 13.2 Å². The summed E-state index contributed by atoms with van der Waals surface area (Å²) in [5, 5.41) is 6.55. The SMILES string of the molecule is FC(F)(F)c1nnc2n1CCN(Cl)C2. The third-order valence-electron chi connectivity index (χ3n) is 1.96. The van der Waals surface area contributed by atoms with Crippen molar-refractivity contribution in [3.05, 3.63) is 11.6 Å². The quantitative estimate of drug-likeness (QED) is 0.625. The summed E-state index contributed by atoms with van der Waals surface area (Å²) >= 11 is 5.64. The first-order valence-electron chi connectivity index (χ1n) is 3.88. The predicted molar refractivity (Wildman–Crippen MR) is 41.3 cm³/mol. The molecule has 14 heavy (non-hydrogen) atoms. The average molecular weight is 227 g/mol. The lowest BCUT2D eigenvalue weighted by Crippen LogP contribution is -2.29. The minimum atomic E-state index is -4.44. The van der Waals surface area contributed by atoms with Crippen LogP contribution in [-0.4, -0.2) is 25.7 Å². The molecule has 1 aromatic heterocycles. The van der Waals surface area contributed by atoms with Crippen LogP contribution < -0.4 is 0 Å². The molecular formula is C6H6ClF3N4. The molecule has 1 aliphatic heterocycles. The molecule has 2 heterocycles. The third kappa shape index (κ3) is 1.57. The number of aromatic nitrogens is 3. The van der Waals surface area contributed by atoms with E-state index in [9.17, 15) is 13.2 Å². The Labute approximate surface area is 82.4 Å². The summed E-state index contributed by atoms with van der Waals surface area (Å²) in [6.07, 6.45) is -4.44. The topological polar surface area (TPSA) is 34.0 Å². The summed E-state index contributed by atoms with van der Waals surface area (Å²) in [7, 11) is 0. The third-order valence-corrected chi connectivity index (χ3v) is 2.25. The number of hydrogen-bond acceptors (Lipinski definition) is 3. The molecule has 0 aliphatic carbocycles. The molecule has 0 N–H and O–H groups in total. The molecule has 0 spiro atoms. The van der Waals surface area contributed by atoms with Crippen molar-refractivity contribution in [3.8, 4) is 0 Å². The van der Waals surface area contributed by atoms with Gasteiger partial charge in [-0.1, -0.05) is 0 Å². The number of alkyl halides is 3. The predicted octanol–water partition coefficient (Wildman–Crippen LogP) is 1.27. The van der Waals surface area contributed by atoms with Gasteiger partial charge in [0, 0.05) is 13.1 Å². The average Bonchev–Trinajstić information content (AvgIpc) is 2.45. The summed E-state index contributed by atoms with van der Waals surface area (Å²) in [6, 6.07) is 0. The maximum Gasteiger partial charge on any atom is 0.451 e. The van der Waals surface area contributed by atoms with Gasteiger partial charge in [-0.15, -0.1) is 10.2 Å². The Morgan fingerprint density at radius 1 is 1.21 bits per heavy atom. The lowest BCUT2D eigenvalue weighted by molar-refractivity contribution is -0.147. The van der Waals surface area contributed by atoms with Crippen LogP contribution in [0.3, 0.4) is 0 Å². The fourth-order valence-electron chi connectivity index (χ4n) is 1.34. The number of nitrogens with zero attached hydrogens (tertiary/aromatic N) is 4. The number of hydrogen-bond donors (Lipinski definition) is 0. The molecular weight excluding hydrogens is 221 g/mol. The Balaban J connectivity index is 2.38. The summed E-state index contributed by atoms with van der Waals surface area (Å²) in [6.45, 7) is 0.709. The molecule has 0 atom stereocenters. The highest BCUT2D eigenvalue weighted by Gasteiger charge is 2.39. The Kier molecular flexibility index (Phi) is 2.15. The zero-order valence-electron chi connectivity index (χ0n) is 6.92. The minimum absolute atomic E-state index is 0.167. The van der Waals surface area contributed by atoms with E-state index in [1.807, 2.05) is 0 Å². The molecule has 0 saturated carbocycles. The second kappa shape index (κ2) is 3.09. The molecule has 0 fully saturated rings. The second-order valence-electron chi connectivity index (χ2n) is 2.93. The molecule has 0 aromatic carbocycles. The van der Waals surface area contributed by atoms with Gasteiger partial charge < -0.3 is 4.57 Å². The van der Waals surface area contributed by atoms with Gasteiger partial charge in [0.2, 0.25) is 5.82 Å². The fourth-order valence-corrected chi connectivity index (χ4v) is 1.52. The van der Waals surface area contributed by atoms with Gasteiger partial charge in [0.25, 0.3) is 0 Å². The molecule has 0 saturated heterocycles. The van der Waals surface area contributed by atoms with E-state index in [0.29, 0.717) is 6.54 Å². The normalized spacial score (nSPS) is 18.3. The largest absolute Gasteiger partial charge is 0.451 e. The fraction of sp³-hybridized carbons (Fsp3) is 0.667. The Hall–Kier alpha value is -0.820. The maximum atomic E-state index is 12.3. The van der Waals surface area contributed by atoms with E-state index in [0.717, 1.165) is 4.57 Å². The van der Waals surface area contributed by atoms with E-state index >= 15 is 0 Å². The first kappa shape index (κ1) is 9.72. The Morgan fingerprint density at radius 3 is 2.57 bits per heavy atom. The molecule has 0 radical (unpaired) electrons. The summed E-state index contributed by atoms with van der Waals surface area (Å²) in [5.74, 6) is -0.698. The summed E-state index contributed by atoms with van der Waals surface area (Å²) < 4.78 is 39.4. The van der Waals surface area contributed by atoms with Crippen molar-refractivity contribution in [2.45, 2.75) is 19.3 Å². The van der Waals surface area contributed by atoms with Crippen molar-refractivity contribution in [1.29, 1.82) is 0 Å².